The van der Waals surface area contributed by atoms with Gasteiger partial charge >= 0.3 is 5.97 Å². The van der Waals surface area contributed by atoms with Gasteiger partial charge in [0.15, 0.2) is 9.84 Å². The summed E-state index contributed by atoms with van der Waals surface area (Å²) >= 11 is 0. The molecular formula is C43H56FN5O5S. The van der Waals surface area contributed by atoms with Crippen molar-refractivity contribution in [1.82, 2.24) is 14.7 Å². The third kappa shape index (κ3) is 8.21. The molecule has 0 N–H and O–H groups in total. The molecule has 7 rings (SSSR count). The van der Waals surface area contributed by atoms with E-state index in [1.807, 2.05) is 18.2 Å². The summed E-state index contributed by atoms with van der Waals surface area (Å²) in [7, 11) is -2.14. The Bertz CT molecular complexity index is 1860. The number of amides is 1. The molecule has 0 unspecified atom stereocenters. The first-order chi connectivity index (χ1) is 26.5. The largest absolute Gasteiger partial charge is 0.469 e. The summed E-state index contributed by atoms with van der Waals surface area (Å²) in [5.74, 6) is -0.171. The number of carbonyl (C=O) groups is 2. The van der Waals surface area contributed by atoms with Crippen LogP contribution in [-0.4, -0.2) is 113 Å². The minimum atomic E-state index is -3.55. The number of methoxy groups -OCH3 is 1. The first-order valence-electron chi connectivity index (χ1n) is 20.2. The molecule has 4 aliphatic heterocycles. The van der Waals surface area contributed by atoms with E-state index in [0.29, 0.717) is 29.4 Å². The maximum absolute atomic E-state index is 14.7. The van der Waals surface area contributed by atoms with Gasteiger partial charge in [0.2, 0.25) is 0 Å². The molecule has 10 nitrogen and oxygen atoms in total. The number of sulfone groups is 1. The molecule has 1 saturated carbocycles. The van der Waals surface area contributed by atoms with Gasteiger partial charge in [0.25, 0.3) is 11.4 Å². The van der Waals surface area contributed by atoms with Crippen LogP contribution in [0.2, 0.25) is 0 Å². The highest BCUT2D eigenvalue weighted by Gasteiger charge is 2.58. The Labute approximate surface area is 326 Å². The Kier molecular flexibility index (Phi) is 12.0. The molecule has 3 atom stereocenters. The zero-order chi connectivity index (χ0) is 38.7. The SMILES string of the molecule is [C-]#[N+][C@@](c1cccc(F)c1)(C1CCN(CC2CN(c3ccc(S(=O)(=O)C4CN(C(=O)C(=C)CN5CCCCC5)C4)cc3)C2)CC1)[C@H]1CCC[C@@H]1CC(=O)OC. The molecule has 1 aliphatic carbocycles. The van der Waals surface area contributed by atoms with E-state index >= 15 is 0 Å². The third-order valence-corrected chi connectivity index (χ3v) is 15.4. The zero-order valence-electron chi connectivity index (χ0n) is 32.2. The van der Waals surface area contributed by atoms with Crippen molar-refractivity contribution in [2.24, 2.45) is 23.7 Å². The molecule has 55 heavy (non-hydrogen) atoms. The van der Waals surface area contributed by atoms with Crippen LogP contribution in [0.15, 0.2) is 65.6 Å². The molecule has 2 aromatic rings. The molecule has 12 heteroatoms. The van der Waals surface area contributed by atoms with Gasteiger partial charge in [-0.05, 0) is 107 Å². The van der Waals surface area contributed by atoms with E-state index in [0.717, 1.165) is 102 Å². The predicted molar refractivity (Wildman–Crippen MR) is 210 cm³/mol. The van der Waals surface area contributed by atoms with Crippen LogP contribution in [0.5, 0.6) is 0 Å². The number of rotatable bonds is 13. The van der Waals surface area contributed by atoms with Crippen molar-refractivity contribution in [1.29, 1.82) is 0 Å². The van der Waals surface area contributed by atoms with Crippen molar-refractivity contribution < 1.29 is 27.1 Å². The first kappa shape index (κ1) is 39.4. The van der Waals surface area contributed by atoms with Crippen molar-refractivity contribution in [2.45, 2.75) is 73.5 Å². The number of carbonyl (C=O) groups excluding carboxylic acids is 2. The summed E-state index contributed by atoms with van der Waals surface area (Å²) in [6.45, 7) is 20.0. The first-order valence-corrected chi connectivity index (χ1v) is 21.8. The van der Waals surface area contributed by atoms with Gasteiger partial charge in [0.1, 0.15) is 11.1 Å². The number of esters is 1. The highest BCUT2D eigenvalue weighted by molar-refractivity contribution is 7.92. The van der Waals surface area contributed by atoms with Crippen LogP contribution in [0.4, 0.5) is 10.1 Å². The van der Waals surface area contributed by atoms with Gasteiger partial charge in [0.05, 0.1) is 12.0 Å². The van der Waals surface area contributed by atoms with Gasteiger partial charge in [-0.1, -0.05) is 31.6 Å². The number of benzene rings is 2. The van der Waals surface area contributed by atoms with E-state index in [2.05, 4.69) is 26.1 Å². The van der Waals surface area contributed by atoms with Crippen LogP contribution >= 0.6 is 0 Å². The number of hydrogen-bond acceptors (Lipinski definition) is 8. The van der Waals surface area contributed by atoms with Gasteiger partial charge < -0.3 is 24.3 Å². The van der Waals surface area contributed by atoms with E-state index in [1.54, 1.807) is 29.2 Å². The molecule has 4 saturated heterocycles. The summed E-state index contributed by atoms with van der Waals surface area (Å²) in [4.78, 5) is 38.6. The molecule has 5 fully saturated rings. The van der Waals surface area contributed by atoms with Crippen molar-refractivity contribution in [3.05, 3.63) is 83.5 Å². The Balaban J connectivity index is 0.897. The van der Waals surface area contributed by atoms with Crippen molar-refractivity contribution in [3.63, 3.8) is 0 Å². The lowest BCUT2D eigenvalue weighted by Crippen LogP contribution is -2.57. The monoisotopic (exact) mass is 773 g/mol. The lowest BCUT2D eigenvalue weighted by atomic mass is 9.63. The summed E-state index contributed by atoms with van der Waals surface area (Å²) in [6, 6.07) is 13.8. The quantitative estimate of drug-likeness (QED) is 0.144. The molecule has 2 aromatic carbocycles. The standard InChI is InChI=1S/C43H56FN5O5S/c1-31(25-46-19-5-4-6-20-46)42(51)49-29-39(30-49)55(52,53)38-15-13-37(14-16-38)48-27-32(28-48)26-47-21-17-34(18-22-47)43(45-2,35-10-8-11-36(44)24-35)40-12-7-9-33(40)23-41(50)54-3/h8,10-11,13-16,24,32-34,39-40H,1,4-7,9,12,17-23,25-30H2,3H3/t33-,40+,43-/m1/s1. The average Bonchev–Trinajstić information content (AvgIpc) is 3.61. The molecule has 0 spiro atoms. The van der Waals surface area contributed by atoms with Crippen LogP contribution in [-0.2, 0) is 29.7 Å². The minimum Gasteiger partial charge on any atom is -0.469 e. The van der Waals surface area contributed by atoms with Crippen molar-refractivity contribution in [2.75, 3.05) is 77.5 Å². The minimum absolute atomic E-state index is 0.0312. The van der Waals surface area contributed by atoms with E-state index in [4.69, 9.17) is 11.3 Å². The van der Waals surface area contributed by atoms with Gasteiger partial charge in [0, 0.05) is 80.3 Å². The Morgan fingerprint density at radius 1 is 0.927 bits per heavy atom. The van der Waals surface area contributed by atoms with E-state index in [9.17, 15) is 22.4 Å². The molecule has 5 aliphatic rings. The van der Waals surface area contributed by atoms with E-state index in [1.165, 1.54) is 19.6 Å². The lowest BCUT2D eigenvalue weighted by Gasteiger charge is -2.46. The molecule has 0 aromatic heterocycles. The number of anilines is 1. The summed E-state index contributed by atoms with van der Waals surface area (Å²) in [5, 5.41) is -0.601. The number of likely N-dealkylation sites (tertiary alicyclic amines) is 3. The van der Waals surface area contributed by atoms with Crippen LogP contribution < -0.4 is 4.90 Å². The smallest absolute Gasteiger partial charge is 0.305 e. The molecule has 4 heterocycles. The Morgan fingerprint density at radius 2 is 1.64 bits per heavy atom. The number of hydrogen-bond donors (Lipinski definition) is 0. The maximum Gasteiger partial charge on any atom is 0.305 e. The van der Waals surface area contributed by atoms with E-state index in [-0.39, 0.29) is 48.5 Å². The Hall–Kier alpha value is -3.79. The number of halogens is 1. The normalized spacial score (nSPS) is 24.4. The number of ether oxygens (including phenoxy) is 1. The maximum atomic E-state index is 14.7. The summed E-state index contributed by atoms with van der Waals surface area (Å²) < 4.78 is 46.5. The fourth-order valence-electron chi connectivity index (χ4n) is 10.2. The molecule has 1 amide bonds. The van der Waals surface area contributed by atoms with Crippen LogP contribution in [0.25, 0.3) is 4.85 Å². The predicted octanol–water partition coefficient (Wildman–Crippen LogP) is 5.79. The van der Waals surface area contributed by atoms with Gasteiger partial charge in [-0.2, -0.15) is 0 Å². The van der Waals surface area contributed by atoms with Crippen LogP contribution in [0.3, 0.4) is 0 Å². The average molecular weight is 774 g/mol. The highest BCUT2D eigenvalue weighted by atomic mass is 32.2. The van der Waals surface area contributed by atoms with Gasteiger partial charge in [-0.15, -0.1) is 0 Å². The summed E-state index contributed by atoms with van der Waals surface area (Å²) in [5.41, 5.74) is 1.40. The second-order valence-corrected chi connectivity index (χ2v) is 18.9. The molecule has 296 valence electrons. The van der Waals surface area contributed by atoms with Crippen LogP contribution in [0, 0.1) is 36.1 Å². The second kappa shape index (κ2) is 16.7. The molecule has 0 radical (unpaired) electrons. The fraction of sp³-hybridized carbons (Fsp3) is 0.605. The molecular weight excluding hydrogens is 718 g/mol. The third-order valence-electron chi connectivity index (χ3n) is 13.3. The lowest BCUT2D eigenvalue weighted by molar-refractivity contribution is -0.142. The fourth-order valence-corrected chi connectivity index (χ4v) is 11.9. The van der Waals surface area contributed by atoms with Crippen LogP contribution in [0.1, 0.15) is 63.4 Å². The van der Waals surface area contributed by atoms with Gasteiger partial charge in [-0.25, -0.2) is 19.4 Å². The Morgan fingerprint density at radius 3 is 2.29 bits per heavy atom. The van der Waals surface area contributed by atoms with Crippen molar-refractivity contribution in [3.8, 4) is 0 Å². The van der Waals surface area contributed by atoms with Crippen molar-refractivity contribution >= 4 is 27.4 Å². The van der Waals surface area contributed by atoms with E-state index < -0.39 is 20.6 Å². The number of piperidine rings is 2. The molecule has 0 bridgehead atoms. The number of nitrogens with zero attached hydrogens (tertiary/aromatic N) is 5. The summed E-state index contributed by atoms with van der Waals surface area (Å²) in [6.07, 6.45) is 8.15. The topological polar surface area (TPSA) is 94.8 Å². The second-order valence-electron chi connectivity index (χ2n) is 16.7. The highest BCUT2D eigenvalue weighted by Crippen LogP contribution is 2.54. The zero-order valence-corrected chi connectivity index (χ0v) is 33.0. The van der Waals surface area contributed by atoms with Gasteiger partial charge in [-0.3, -0.25) is 14.5 Å².